The Balaban J connectivity index is 3.10. The van der Waals surface area contributed by atoms with Gasteiger partial charge < -0.3 is 36.8 Å². The van der Waals surface area contributed by atoms with Crippen LogP contribution in [-0.4, -0.2) is 89.3 Å². The highest BCUT2D eigenvalue weighted by Gasteiger charge is 2.30. The second-order valence-electron chi connectivity index (χ2n) is 14.3. The lowest BCUT2D eigenvalue weighted by Gasteiger charge is -2.32. The number of aliphatic hydroxyl groups excluding tert-OH is 1. The summed E-state index contributed by atoms with van der Waals surface area (Å²) in [6.07, 6.45) is 0.856. The summed E-state index contributed by atoms with van der Waals surface area (Å²) in [6.45, 7) is 16.1. The lowest BCUT2D eigenvalue weighted by atomic mass is 9.99. The van der Waals surface area contributed by atoms with Gasteiger partial charge in [0.05, 0.1) is 12.1 Å². The van der Waals surface area contributed by atoms with E-state index in [2.05, 4.69) is 45.7 Å². The van der Waals surface area contributed by atoms with Gasteiger partial charge in [0.15, 0.2) is 0 Å². The Morgan fingerprint density at radius 2 is 1.42 bits per heavy atom. The third-order valence-corrected chi connectivity index (χ3v) is 8.27. The molecule has 0 fully saturated rings. The van der Waals surface area contributed by atoms with Gasteiger partial charge in [-0.3, -0.25) is 29.3 Å². The first-order chi connectivity index (χ1) is 23.5. The highest BCUT2D eigenvalue weighted by Crippen LogP contribution is 2.13. The number of carbonyl (C=O) groups excluding carboxylic acids is 4. The number of hydrogen-bond donors (Lipinski definition) is 8. The molecular formula is C37H64N6O7. The Labute approximate surface area is 298 Å². The molecule has 0 heterocycles. The molecule has 0 saturated carbocycles. The number of aliphatic carboxylic acids is 1. The molecule has 0 radical (unpaired) electrons. The lowest BCUT2D eigenvalue weighted by Crippen LogP contribution is -2.59. The Morgan fingerprint density at radius 3 is 1.98 bits per heavy atom. The lowest BCUT2D eigenvalue weighted by molar-refractivity contribution is -0.137. The molecule has 0 spiro atoms. The zero-order valence-electron chi connectivity index (χ0n) is 31.4. The molecule has 4 amide bonds. The van der Waals surface area contributed by atoms with Crippen molar-refractivity contribution in [3.05, 3.63) is 35.9 Å². The first-order valence-electron chi connectivity index (χ1n) is 18.1. The van der Waals surface area contributed by atoms with Gasteiger partial charge in [-0.2, -0.15) is 0 Å². The van der Waals surface area contributed by atoms with Crippen LogP contribution in [0.2, 0.25) is 0 Å². The Hall–Kier alpha value is -3.55. The molecule has 0 aliphatic rings. The molecule has 50 heavy (non-hydrogen) atoms. The van der Waals surface area contributed by atoms with Gasteiger partial charge in [0.1, 0.15) is 18.3 Å². The van der Waals surface area contributed by atoms with Crippen molar-refractivity contribution in [2.45, 2.75) is 137 Å². The van der Waals surface area contributed by atoms with Crippen molar-refractivity contribution in [2.24, 2.45) is 17.8 Å². The number of hydrogen-bond acceptors (Lipinski definition) is 8. The van der Waals surface area contributed by atoms with E-state index in [1.807, 2.05) is 65.0 Å². The van der Waals surface area contributed by atoms with Crippen molar-refractivity contribution in [3.8, 4) is 0 Å². The van der Waals surface area contributed by atoms with Crippen LogP contribution in [0, 0.1) is 17.8 Å². The van der Waals surface area contributed by atoms with E-state index in [0.29, 0.717) is 38.8 Å². The van der Waals surface area contributed by atoms with E-state index in [0.717, 1.165) is 5.56 Å². The molecule has 0 aromatic heterocycles. The summed E-state index contributed by atoms with van der Waals surface area (Å²) >= 11 is 0. The quantitative estimate of drug-likeness (QED) is 0.0705. The van der Waals surface area contributed by atoms with Crippen molar-refractivity contribution in [2.75, 3.05) is 13.1 Å². The Morgan fingerprint density at radius 1 is 0.780 bits per heavy atom. The first-order valence-corrected chi connectivity index (χ1v) is 18.1. The number of carbonyl (C=O) groups is 5. The van der Waals surface area contributed by atoms with E-state index >= 15 is 0 Å². The van der Waals surface area contributed by atoms with Crippen LogP contribution in [0.5, 0.6) is 0 Å². The maximum absolute atomic E-state index is 13.7. The summed E-state index contributed by atoms with van der Waals surface area (Å²) in [4.78, 5) is 62.7. The largest absolute Gasteiger partial charge is 0.481 e. The number of nitrogens with one attached hydrogen (secondary N) is 6. The maximum atomic E-state index is 13.7. The summed E-state index contributed by atoms with van der Waals surface area (Å²) in [5.74, 6) is -2.14. The fourth-order valence-electron chi connectivity index (χ4n) is 5.57. The van der Waals surface area contributed by atoms with Gasteiger partial charge in [0.2, 0.25) is 23.6 Å². The second-order valence-corrected chi connectivity index (χ2v) is 14.3. The number of aryl methyl sites for hydroxylation is 1. The SMILES string of the molecule is CCNC(=O)[C@@H](NC(=O)[C@H](C)NC[C@H](CC(C)C)NC(O)[C@H](CCc1ccccc1)NC(=O)[C@H](CC(C)C)NC(=O)CCCC(=O)O)C(C)C. The van der Waals surface area contributed by atoms with Gasteiger partial charge in [-0.05, 0) is 69.3 Å². The van der Waals surface area contributed by atoms with Gasteiger partial charge in [-0.1, -0.05) is 71.9 Å². The average Bonchev–Trinajstić information content (AvgIpc) is 3.03. The second kappa shape index (κ2) is 23.8. The van der Waals surface area contributed by atoms with E-state index in [4.69, 9.17) is 5.11 Å². The molecule has 13 heteroatoms. The van der Waals surface area contributed by atoms with Crippen LogP contribution in [0.3, 0.4) is 0 Å². The molecule has 284 valence electrons. The van der Waals surface area contributed by atoms with Gasteiger partial charge in [0, 0.05) is 32.0 Å². The number of benzene rings is 1. The van der Waals surface area contributed by atoms with E-state index in [1.165, 1.54) is 0 Å². The van der Waals surface area contributed by atoms with Crippen LogP contribution in [0.15, 0.2) is 30.3 Å². The summed E-state index contributed by atoms with van der Waals surface area (Å²) in [7, 11) is 0. The van der Waals surface area contributed by atoms with Gasteiger partial charge in [0.25, 0.3) is 0 Å². The van der Waals surface area contributed by atoms with Gasteiger partial charge >= 0.3 is 5.97 Å². The van der Waals surface area contributed by atoms with Crippen LogP contribution < -0.4 is 31.9 Å². The Bertz CT molecular complexity index is 1180. The molecule has 1 unspecified atom stereocenters. The summed E-state index contributed by atoms with van der Waals surface area (Å²) in [5.41, 5.74) is 1.04. The normalized spacial score (nSPS) is 15.1. The number of rotatable bonds is 25. The number of likely N-dealkylation sites (N-methyl/N-ethyl adjacent to an activating group) is 1. The molecule has 0 bridgehead atoms. The molecule has 1 aromatic rings. The minimum Gasteiger partial charge on any atom is -0.481 e. The standard InChI is InChI=1S/C37H64N6O7/c1-9-38-37(50)33(25(6)7)43-34(47)26(8)39-22-28(20-23(2)3)40-35(48)29(19-18-27-14-11-10-12-15-27)42-36(49)30(21-24(4)5)41-31(44)16-13-17-32(45)46/h10-12,14-15,23-26,28-30,33,35,39-40,48H,9,13,16-22H2,1-8H3,(H,38,50)(H,41,44)(H,42,49)(H,43,47)(H,45,46)/t26-,28-,29-,30-,33-,35?/m0/s1. The fraction of sp³-hybridized carbons (Fsp3) is 0.703. The number of carboxylic acids is 1. The highest BCUT2D eigenvalue weighted by molar-refractivity contribution is 5.90. The minimum absolute atomic E-state index is 0.0137. The summed E-state index contributed by atoms with van der Waals surface area (Å²) in [5, 5.41) is 38.4. The monoisotopic (exact) mass is 704 g/mol. The smallest absolute Gasteiger partial charge is 0.303 e. The molecule has 1 rings (SSSR count). The fourth-order valence-corrected chi connectivity index (χ4v) is 5.57. The topological polar surface area (TPSA) is 198 Å². The highest BCUT2D eigenvalue weighted by atomic mass is 16.4. The minimum atomic E-state index is -1.16. The molecule has 0 aliphatic carbocycles. The molecule has 8 N–H and O–H groups in total. The third-order valence-electron chi connectivity index (χ3n) is 8.27. The first kappa shape index (κ1) is 44.5. The average molecular weight is 705 g/mol. The van der Waals surface area contributed by atoms with Gasteiger partial charge in [-0.15, -0.1) is 0 Å². The van der Waals surface area contributed by atoms with Crippen LogP contribution in [0.4, 0.5) is 0 Å². The van der Waals surface area contributed by atoms with E-state index in [9.17, 15) is 29.1 Å². The van der Waals surface area contributed by atoms with Crippen molar-refractivity contribution in [1.29, 1.82) is 0 Å². The van der Waals surface area contributed by atoms with Crippen LogP contribution in [0.25, 0.3) is 0 Å². The molecule has 1 aromatic carbocycles. The Kier molecular flexibility index (Phi) is 21.2. The molecule has 0 saturated heterocycles. The summed E-state index contributed by atoms with van der Waals surface area (Å²) < 4.78 is 0. The van der Waals surface area contributed by atoms with Crippen molar-refractivity contribution < 1.29 is 34.2 Å². The number of amides is 4. The van der Waals surface area contributed by atoms with E-state index in [1.54, 1.807) is 6.92 Å². The molecule has 6 atom stereocenters. The molecule has 0 aliphatic heterocycles. The zero-order chi connectivity index (χ0) is 37.8. The zero-order valence-corrected chi connectivity index (χ0v) is 31.4. The van der Waals surface area contributed by atoms with Gasteiger partial charge in [-0.25, -0.2) is 0 Å². The predicted octanol–water partition coefficient (Wildman–Crippen LogP) is 2.47. The molecule has 13 nitrogen and oxygen atoms in total. The van der Waals surface area contributed by atoms with Crippen LogP contribution >= 0.6 is 0 Å². The number of aliphatic hydroxyl groups is 1. The maximum Gasteiger partial charge on any atom is 0.303 e. The van der Waals surface area contributed by atoms with Crippen LogP contribution in [-0.2, 0) is 30.4 Å². The predicted molar refractivity (Wildman–Crippen MR) is 195 cm³/mol. The number of carboxylic acid groups (broad SMARTS) is 1. The third kappa shape index (κ3) is 18.4. The van der Waals surface area contributed by atoms with E-state index in [-0.39, 0.29) is 54.9 Å². The molecular weight excluding hydrogens is 640 g/mol. The van der Waals surface area contributed by atoms with E-state index < -0.39 is 48.2 Å². The van der Waals surface area contributed by atoms with Crippen molar-refractivity contribution >= 4 is 29.6 Å². The van der Waals surface area contributed by atoms with Crippen LogP contribution in [0.1, 0.15) is 99.5 Å². The van der Waals surface area contributed by atoms with Crippen molar-refractivity contribution in [1.82, 2.24) is 31.9 Å². The summed E-state index contributed by atoms with van der Waals surface area (Å²) in [6, 6.07) is 6.58. The van der Waals surface area contributed by atoms with Crippen molar-refractivity contribution in [3.63, 3.8) is 0 Å².